The molecule has 22 heavy (non-hydrogen) atoms. The molecule has 4 nitrogen and oxygen atoms in total. The first-order chi connectivity index (χ1) is 10.8. The second-order valence-corrected chi connectivity index (χ2v) is 6.54. The van der Waals surface area contributed by atoms with Crippen LogP contribution in [-0.2, 0) is 0 Å². The maximum absolute atomic E-state index is 9.38. The van der Waals surface area contributed by atoms with Crippen molar-refractivity contribution in [2.75, 3.05) is 5.32 Å². The number of aromatic amines is 1. The average Bonchev–Trinajstić information content (AvgIpc) is 3.14. The smallest absolute Gasteiger partial charge is 0.126 e. The van der Waals surface area contributed by atoms with Gasteiger partial charge in [0.15, 0.2) is 0 Å². The minimum Gasteiger partial charge on any atom is -0.361 e. The summed E-state index contributed by atoms with van der Waals surface area (Å²) in [5.41, 5.74) is 3.34. The molecule has 3 aromatic heterocycles. The predicted octanol–water partition coefficient (Wildman–Crippen LogP) is 5.16. The highest BCUT2D eigenvalue weighted by atomic mass is 79.9. The second kappa shape index (κ2) is 5.13. The minimum absolute atomic E-state index is 0.528. The summed E-state index contributed by atoms with van der Waals surface area (Å²) < 4.78 is 0.947. The standard InChI is InChI=1S/C16H9BrN4S/c17-12-8-22-16-14(12)15(10(6-18)7-20-16)21-11-1-2-13-9(5-11)3-4-19-13/h1-5,7-8,19H,(H,20,21). The van der Waals surface area contributed by atoms with Gasteiger partial charge in [-0.15, -0.1) is 11.3 Å². The van der Waals surface area contributed by atoms with E-state index in [-0.39, 0.29) is 0 Å². The van der Waals surface area contributed by atoms with Crippen molar-refractivity contribution in [3.05, 3.63) is 52.1 Å². The Morgan fingerprint density at radius 3 is 3.09 bits per heavy atom. The van der Waals surface area contributed by atoms with Crippen LogP contribution in [0.25, 0.3) is 21.1 Å². The van der Waals surface area contributed by atoms with Crippen molar-refractivity contribution in [2.45, 2.75) is 0 Å². The molecule has 0 saturated carbocycles. The van der Waals surface area contributed by atoms with Crippen LogP contribution in [0.1, 0.15) is 5.56 Å². The summed E-state index contributed by atoms with van der Waals surface area (Å²) in [4.78, 5) is 8.41. The van der Waals surface area contributed by atoms with Crippen molar-refractivity contribution in [2.24, 2.45) is 0 Å². The highest BCUT2D eigenvalue weighted by Crippen LogP contribution is 2.38. The highest BCUT2D eigenvalue weighted by Gasteiger charge is 2.14. The monoisotopic (exact) mass is 368 g/mol. The summed E-state index contributed by atoms with van der Waals surface area (Å²) in [7, 11) is 0. The molecule has 1 aromatic carbocycles. The van der Waals surface area contributed by atoms with Gasteiger partial charge >= 0.3 is 0 Å². The molecule has 0 aliphatic rings. The van der Waals surface area contributed by atoms with E-state index >= 15 is 0 Å². The first kappa shape index (κ1) is 13.3. The summed E-state index contributed by atoms with van der Waals surface area (Å²) in [6.07, 6.45) is 3.53. The number of H-pyrrole nitrogens is 1. The van der Waals surface area contributed by atoms with Gasteiger partial charge < -0.3 is 10.3 Å². The van der Waals surface area contributed by atoms with E-state index in [1.165, 1.54) is 0 Å². The molecule has 0 radical (unpaired) electrons. The molecular formula is C16H9BrN4S. The molecule has 106 valence electrons. The predicted molar refractivity (Wildman–Crippen MR) is 93.6 cm³/mol. The van der Waals surface area contributed by atoms with E-state index in [1.54, 1.807) is 17.5 Å². The fourth-order valence-electron chi connectivity index (χ4n) is 2.46. The maximum Gasteiger partial charge on any atom is 0.126 e. The third-order valence-corrected chi connectivity index (χ3v) is 5.31. The van der Waals surface area contributed by atoms with Crippen LogP contribution in [0.4, 0.5) is 11.4 Å². The zero-order chi connectivity index (χ0) is 15.1. The Balaban J connectivity index is 1.89. The molecule has 4 aromatic rings. The number of nitrogens with zero attached hydrogens (tertiary/aromatic N) is 2. The summed E-state index contributed by atoms with van der Waals surface area (Å²) in [6, 6.07) is 10.3. The number of thiophene rings is 1. The van der Waals surface area contributed by atoms with E-state index in [4.69, 9.17) is 0 Å². The lowest BCUT2D eigenvalue weighted by atomic mass is 10.1. The lowest BCUT2D eigenvalue weighted by molar-refractivity contribution is 1.38. The Labute approximate surface area is 138 Å². The molecule has 2 N–H and O–H groups in total. The fourth-order valence-corrected chi connectivity index (χ4v) is 4.04. The zero-order valence-electron chi connectivity index (χ0n) is 11.2. The Morgan fingerprint density at radius 2 is 2.23 bits per heavy atom. The SMILES string of the molecule is N#Cc1cnc2scc(Br)c2c1Nc1ccc2[nH]ccc2c1. The number of nitriles is 1. The molecule has 0 unspecified atom stereocenters. The highest BCUT2D eigenvalue weighted by molar-refractivity contribution is 9.10. The third kappa shape index (κ3) is 2.06. The number of hydrogen-bond acceptors (Lipinski definition) is 4. The van der Waals surface area contributed by atoms with Crippen molar-refractivity contribution >= 4 is 59.8 Å². The normalized spacial score (nSPS) is 10.9. The number of fused-ring (bicyclic) bond motifs is 2. The lowest BCUT2D eigenvalue weighted by Crippen LogP contribution is -1.95. The van der Waals surface area contributed by atoms with Gasteiger partial charge in [0, 0.05) is 38.8 Å². The Hall–Kier alpha value is -2.36. The molecule has 0 spiro atoms. The van der Waals surface area contributed by atoms with Gasteiger partial charge in [0.2, 0.25) is 0 Å². The van der Waals surface area contributed by atoms with Gasteiger partial charge in [-0.1, -0.05) is 0 Å². The molecule has 0 bridgehead atoms. The number of anilines is 2. The molecule has 3 heterocycles. The van der Waals surface area contributed by atoms with E-state index < -0.39 is 0 Å². The van der Waals surface area contributed by atoms with Crippen molar-refractivity contribution in [3.8, 4) is 6.07 Å². The summed E-state index contributed by atoms with van der Waals surface area (Å²) >= 11 is 5.09. The number of aromatic nitrogens is 2. The van der Waals surface area contributed by atoms with Gasteiger partial charge in [-0.3, -0.25) is 0 Å². The number of rotatable bonds is 2. The van der Waals surface area contributed by atoms with E-state index in [9.17, 15) is 5.26 Å². The van der Waals surface area contributed by atoms with Crippen molar-refractivity contribution < 1.29 is 0 Å². The molecule has 6 heteroatoms. The quantitative estimate of drug-likeness (QED) is 0.513. The van der Waals surface area contributed by atoms with Crippen molar-refractivity contribution in [1.82, 2.24) is 9.97 Å². The Kier molecular flexibility index (Phi) is 3.10. The van der Waals surface area contributed by atoms with Gasteiger partial charge in [-0.05, 0) is 40.2 Å². The van der Waals surface area contributed by atoms with Gasteiger partial charge in [0.1, 0.15) is 10.9 Å². The summed E-state index contributed by atoms with van der Waals surface area (Å²) in [5, 5.41) is 16.8. The molecule has 0 fully saturated rings. The average molecular weight is 369 g/mol. The molecule has 0 atom stereocenters. The van der Waals surface area contributed by atoms with Gasteiger partial charge in [-0.2, -0.15) is 5.26 Å². The Morgan fingerprint density at radius 1 is 1.32 bits per heavy atom. The van der Waals surface area contributed by atoms with Crippen LogP contribution in [0.5, 0.6) is 0 Å². The van der Waals surface area contributed by atoms with Crippen LogP contribution in [0, 0.1) is 11.3 Å². The van der Waals surface area contributed by atoms with E-state index in [2.05, 4.69) is 43.4 Å². The van der Waals surface area contributed by atoms with Crippen LogP contribution in [0.3, 0.4) is 0 Å². The number of hydrogen-bond donors (Lipinski definition) is 2. The van der Waals surface area contributed by atoms with Crippen molar-refractivity contribution in [1.29, 1.82) is 5.26 Å². The first-order valence-electron chi connectivity index (χ1n) is 6.56. The van der Waals surface area contributed by atoms with Gasteiger partial charge in [0.25, 0.3) is 0 Å². The first-order valence-corrected chi connectivity index (χ1v) is 8.23. The van der Waals surface area contributed by atoms with Gasteiger partial charge in [0.05, 0.1) is 16.6 Å². The Bertz CT molecular complexity index is 1040. The fraction of sp³-hybridized carbons (Fsp3) is 0. The third-order valence-electron chi connectivity index (χ3n) is 3.50. The molecular weight excluding hydrogens is 360 g/mol. The molecule has 0 saturated heterocycles. The number of halogens is 1. The minimum atomic E-state index is 0.528. The van der Waals surface area contributed by atoms with Crippen LogP contribution >= 0.6 is 27.3 Å². The molecule has 0 aliphatic carbocycles. The topological polar surface area (TPSA) is 64.5 Å². The summed E-state index contributed by atoms with van der Waals surface area (Å²) in [5.74, 6) is 0. The maximum atomic E-state index is 9.38. The lowest BCUT2D eigenvalue weighted by Gasteiger charge is -2.10. The van der Waals surface area contributed by atoms with E-state index in [0.717, 1.165) is 37.0 Å². The van der Waals surface area contributed by atoms with Crippen LogP contribution in [-0.4, -0.2) is 9.97 Å². The van der Waals surface area contributed by atoms with Crippen LogP contribution in [0.15, 0.2) is 46.5 Å². The molecule has 4 rings (SSSR count). The largest absolute Gasteiger partial charge is 0.361 e. The molecule has 0 amide bonds. The number of benzene rings is 1. The summed E-state index contributed by atoms with van der Waals surface area (Å²) in [6.45, 7) is 0. The van der Waals surface area contributed by atoms with Gasteiger partial charge in [-0.25, -0.2) is 4.98 Å². The van der Waals surface area contributed by atoms with Crippen LogP contribution in [0.2, 0.25) is 0 Å². The molecule has 0 aliphatic heterocycles. The van der Waals surface area contributed by atoms with Crippen molar-refractivity contribution in [3.63, 3.8) is 0 Å². The number of pyridine rings is 1. The van der Waals surface area contributed by atoms with Crippen LogP contribution < -0.4 is 5.32 Å². The second-order valence-electron chi connectivity index (χ2n) is 4.83. The number of nitrogens with one attached hydrogen (secondary N) is 2. The van der Waals surface area contributed by atoms with E-state index in [1.807, 2.05) is 29.8 Å². The zero-order valence-corrected chi connectivity index (χ0v) is 13.6. The van der Waals surface area contributed by atoms with E-state index in [0.29, 0.717) is 5.56 Å².